The van der Waals surface area contributed by atoms with Crippen LogP contribution in [0, 0.1) is 0 Å². The van der Waals surface area contributed by atoms with E-state index in [4.69, 9.17) is 4.74 Å². The normalized spacial score (nSPS) is 27.5. The predicted molar refractivity (Wildman–Crippen MR) is 57.4 cm³/mol. The van der Waals surface area contributed by atoms with Gasteiger partial charge < -0.3 is 9.64 Å². The van der Waals surface area contributed by atoms with Crippen molar-refractivity contribution < 1.29 is 4.74 Å². The summed E-state index contributed by atoms with van der Waals surface area (Å²) in [5, 5.41) is 0. The third-order valence-electron chi connectivity index (χ3n) is 3.34. The molecule has 0 bridgehead atoms. The fourth-order valence-corrected chi connectivity index (χ4v) is 2.63. The van der Waals surface area contributed by atoms with Crippen LogP contribution in [-0.2, 0) is 4.74 Å². The van der Waals surface area contributed by atoms with E-state index in [9.17, 15) is 0 Å². The summed E-state index contributed by atoms with van der Waals surface area (Å²) in [6, 6.07) is 0. The zero-order valence-electron chi connectivity index (χ0n) is 8.42. The van der Waals surface area contributed by atoms with Crippen LogP contribution in [0.25, 0.3) is 0 Å². The van der Waals surface area contributed by atoms with Crippen LogP contribution in [0.1, 0.15) is 19.3 Å². The smallest absolute Gasteiger partial charge is 0.0728 e. The fourth-order valence-electron chi connectivity index (χ4n) is 2.19. The molecule has 3 heteroatoms. The van der Waals surface area contributed by atoms with Crippen LogP contribution in [0.5, 0.6) is 0 Å². The molecule has 2 fully saturated rings. The second-order valence-electron chi connectivity index (χ2n) is 4.12. The van der Waals surface area contributed by atoms with E-state index in [2.05, 4.69) is 11.2 Å². The molecule has 0 amide bonds. The van der Waals surface area contributed by atoms with Gasteiger partial charge in [0, 0.05) is 25.4 Å². The largest absolute Gasteiger partial charge is 0.375 e. The molecule has 0 N–H and O–H groups in total. The number of hydrogen-bond acceptors (Lipinski definition) is 3. The van der Waals surface area contributed by atoms with Gasteiger partial charge in [0.25, 0.3) is 0 Å². The van der Waals surface area contributed by atoms with Crippen molar-refractivity contribution in [3.05, 3.63) is 0 Å². The molecule has 0 atom stereocenters. The summed E-state index contributed by atoms with van der Waals surface area (Å²) >= 11 is 1.94. The van der Waals surface area contributed by atoms with Gasteiger partial charge in [0.1, 0.15) is 0 Å². The number of nitrogens with zero attached hydrogens (tertiary/aromatic N) is 1. The van der Waals surface area contributed by atoms with E-state index in [0.717, 1.165) is 6.61 Å². The highest BCUT2D eigenvalue weighted by Gasteiger charge is 2.40. The van der Waals surface area contributed by atoms with Crippen molar-refractivity contribution in [2.45, 2.75) is 24.9 Å². The standard InChI is InChI=1S/C10H19NOS/c1-13-9-7-11-5-2-10(3-6-11)4-8-12-10/h2-9H2,1H3. The number of likely N-dealkylation sites (tertiary alicyclic amines) is 1. The second kappa shape index (κ2) is 4.20. The van der Waals surface area contributed by atoms with E-state index < -0.39 is 0 Å². The number of hydrogen-bond donors (Lipinski definition) is 0. The zero-order chi connectivity index (χ0) is 9.15. The van der Waals surface area contributed by atoms with Crippen LogP contribution in [0.3, 0.4) is 0 Å². The Bertz CT molecular complexity index is 160. The highest BCUT2D eigenvalue weighted by molar-refractivity contribution is 7.98. The molecule has 2 aliphatic rings. The topological polar surface area (TPSA) is 12.5 Å². The summed E-state index contributed by atoms with van der Waals surface area (Å²) in [7, 11) is 0. The maximum atomic E-state index is 5.68. The van der Waals surface area contributed by atoms with Crippen molar-refractivity contribution in [1.29, 1.82) is 0 Å². The molecule has 2 saturated heterocycles. The summed E-state index contributed by atoms with van der Waals surface area (Å²) in [4.78, 5) is 2.57. The minimum Gasteiger partial charge on any atom is -0.375 e. The van der Waals surface area contributed by atoms with Crippen molar-refractivity contribution in [2.75, 3.05) is 38.2 Å². The molecule has 76 valence electrons. The van der Waals surface area contributed by atoms with Crippen LogP contribution in [0.2, 0.25) is 0 Å². The number of thioether (sulfide) groups is 1. The third kappa shape index (κ3) is 2.20. The molecule has 0 saturated carbocycles. The molecule has 1 spiro atoms. The van der Waals surface area contributed by atoms with Gasteiger partial charge in [0.15, 0.2) is 0 Å². The lowest BCUT2D eigenvalue weighted by atomic mass is 9.84. The van der Waals surface area contributed by atoms with Crippen molar-refractivity contribution in [1.82, 2.24) is 4.90 Å². The molecule has 2 heterocycles. The number of rotatable bonds is 3. The summed E-state index contributed by atoms with van der Waals surface area (Å²) in [5.41, 5.74) is 0.329. The maximum absolute atomic E-state index is 5.68. The van der Waals surface area contributed by atoms with E-state index in [-0.39, 0.29) is 0 Å². The molecule has 0 aromatic heterocycles. The maximum Gasteiger partial charge on any atom is 0.0728 e. The van der Waals surface area contributed by atoms with E-state index in [1.807, 2.05) is 11.8 Å². The molecule has 2 rings (SSSR count). The first-order valence-corrected chi connectivity index (χ1v) is 6.59. The minimum absolute atomic E-state index is 0.329. The first-order chi connectivity index (χ1) is 6.35. The molecule has 2 nitrogen and oxygen atoms in total. The summed E-state index contributed by atoms with van der Waals surface area (Å²) in [6.45, 7) is 4.77. The quantitative estimate of drug-likeness (QED) is 0.688. The predicted octanol–water partition coefficient (Wildman–Crippen LogP) is 1.60. The van der Waals surface area contributed by atoms with Gasteiger partial charge >= 0.3 is 0 Å². The SMILES string of the molecule is CSCCN1CCC2(CCO2)CC1. The lowest BCUT2D eigenvalue weighted by Crippen LogP contribution is -2.52. The fraction of sp³-hybridized carbons (Fsp3) is 1.00. The second-order valence-corrected chi connectivity index (χ2v) is 5.10. The van der Waals surface area contributed by atoms with Gasteiger partial charge in [0.05, 0.1) is 12.2 Å². The highest BCUT2D eigenvalue weighted by Crippen LogP contribution is 2.36. The van der Waals surface area contributed by atoms with E-state index in [0.29, 0.717) is 5.60 Å². The Labute approximate surface area is 85.0 Å². The van der Waals surface area contributed by atoms with Crippen LogP contribution in [0.4, 0.5) is 0 Å². The highest BCUT2D eigenvalue weighted by atomic mass is 32.2. The van der Waals surface area contributed by atoms with Crippen LogP contribution < -0.4 is 0 Å². The average Bonchev–Trinajstić information content (AvgIpc) is 2.13. The van der Waals surface area contributed by atoms with Crippen molar-refractivity contribution in [2.24, 2.45) is 0 Å². The van der Waals surface area contributed by atoms with Crippen LogP contribution >= 0.6 is 11.8 Å². The van der Waals surface area contributed by atoms with Gasteiger partial charge in [-0.3, -0.25) is 0 Å². The Kier molecular flexibility index (Phi) is 3.17. The Morgan fingerprint density at radius 2 is 2.00 bits per heavy atom. The van der Waals surface area contributed by atoms with Gasteiger partial charge in [-0.15, -0.1) is 0 Å². The van der Waals surface area contributed by atoms with E-state index >= 15 is 0 Å². The lowest BCUT2D eigenvalue weighted by Gasteiger charge is -2.47. The molecular formula is C10H19NOS. The molecule has 0 unspecified atom stereocenters. The summed E-state index contributed by atoms with van der Waals surface area (Å²) < 4.78 is 5.68. The van der Waals surface area contributed by atoms with Crippen LogP contribution in [-0.4, -0.2) is 48.8 Å². The molecule has 0 radical (unpaired) electrons. The third-order valence-corrected chi connectivity index (χ3v) is 3.94. The number of ether oxygens (including phenoxy) is 1. The molecule has 2 aliphatic heterocycles. The van der Waals surface area contributed by atoms with Gasteiger partial charge in [0.2, 0.25) is 0 Å². The first-order valence-electron chi connectivity index (χ1n) is 5.20. The van der Waals surface area contributed by atoms with Crippen molar-refractivity contribution in [3.63, 3.8) is 0 Å². The van der Waals surface area contributed by atoms with Crippen molar-refractivity contribution >= 4 is 11.8 Å². The van der Waals surface area contributed by atoms with Gasteiger partial charge in [-0.05, 0) is 25.5 Å². The van der Waals surface area contributed by atoms with E-state index in [1.165, 1.54) is 44.6 Å². The van der Waals surface area contributed by atoms with Crippen molar-refractivity contribution in [3.8, 4) is 0 Å². The minimum atomic E-state index is 0.329. The Hall–Kier alpha value is 0.270. The van der Waals surface area contributed by atoms with Gasteiger partial charge in [-0.1, -0.05) is 0 Å². The lowest BCUT2D eigenvalue weighted by molar-refractivity contribution is -0.172. The van der Waals surface area contributed by atoms with Gasteiger partial charge in [-0.2, -0.15) is 11.8 Å². The Morgan fingerprint density at radius 3 is 2.46 bits per heavy atom. The van der Waals surface area contributed by atoms with Gasteiger partial charge in [-0.25, -0.2) is 0 Å². The molecule has 0 aromatic rings. The molecule has 13 heavy (non-hydrogen) atoms. The Morgan fingerprint density at radius 1 is 1.31 bits per heavy atom. The molecular weight excluding hydrogens is 182 g/mol. The Balaban J connectivity index is 1.70. The zero-order valence-corrected chi connectivity index (χ0v) is 9.24. The van der Waals surface area contributed by atoms with Crippen LogP contribution in [0.15, 0.2) is 0 Å². The monoisotopic (exact) mass is 201 g/mol. The first kappa shape index (κ1) is 9.81. The summed E-state index contributed by atoms with van der Waals surface area (Å²) in [6.07, 6.45) is 6.02. The summed E-state index contributed by atoms with van der Waals surface area (Å²) in [5.74, 6) is 1.27. The molecule has 0 aliphatic carbocycles. The van der Waals surface area contributed by atoms with E-state index in [1.54, 1.807) is 0 Å². The average molecular weight is 201 g/mol. The molecule has 0 aromatic carbocycles. The number of piperidine rings is 1.